The summed E-state index contributed by atoms with van der Waals surface area (Å²) in [7, 11) is 1.56. The molecule has 0 atom stereocenters. The SMILES string of the molecule is CNC(=O)C1(NC=O)CCC(NC(=O)c2sccc2NCc2ccnc3ccccc23)CC1. The van der Waals surface area contributed by atoms with E-state index in [2.05, 4.69) is 26.3 Å². The molecule has 1 aromatic carbocycles. The highest BCUT2D eigenvalue weighted by Crippen LogP contribution is 2.30. The number of carbonyl (C=O) groups excluding carboxylic acids is 3. The van der Waals surface area contributed by atoms with Crippen molar-refractivity contribution < 1.29 is 14.4 Å². The molecule has 0 radical (unpaired) electrons. The van der Waals surface area contributed by atoms with Crippen LogP contribution >= 0.6 is 11.3 Å². The number of likely N-dealkylation sites (N-methyl/N-ethyl adjacent to an activating group) is 1. The summed E-state index contributed by atoms with van der Waals surface area (Å²) in [5.74, 6) is -0.333. The number of anilines is 1. The Bertz CT molecular complexity index is 1150. The highest BCUT2D eigenvalue weighted by Gasteiger charge is 2.41. The lowest BCUT2D eigenvalue weighted by Crippen LogP contribution is -2.59. The molecule has 0 bridgehead atoms. The number of nitrogens with zero attached hydrogens (tertiary/aromatic N) is 1. The van der Waals surface area contributed by atoms with Gasteiger partial charge in [-0.15, -0.1) is 11.3 Å². The summed E-state index contributed by atoms with van der Waals surface area (Å²) in [4.78, 5) is 41.3. The van der Waals surface area contributed by atoms with Gasteiger partial charge in [0.2, 0.25) is 12.3 Å². The zero-order valence-electron chi connectivity index (χ0n) is 18.4. The summed E-state index contributed by atoms with van der Waals surface area (Å²) >= 11 is 1.39. The van der Waals surface area contributed by atoms with Gasteiger partial charge in [-0.3, -0.25) is 19.4 Å². The van der Waals surface area contributed by atoms with Gasteiger partial charge in [-0.2, -0.15) is 0 Å². The number of para-hydroxylation sites is 1. The van der Waals surface area contributed by atoms with Crippen LogP contribution in [0.15, 0.2) is 48.0 Å². The largest absolute Gasteiger partial charge is 0.380 e. The normalized spacial score (nSPS) is 20.1. The van der Waals surface area contributed by atoms with Gasteiger partial charge in [-0.05, 0) is 54.8 Å². The molecule has 0 aliphatic heterocycles. The van der Waals surface area contributed by atoms with Gasteiger partial charge in [0.15, 0.2) is 0 Å². The van der Waals surface area contributed by atoms with E-state index in [4.69, 9.17) is 0 Å². The third-order valence-electron chi connectivity index (χ3n) is 6.25. The number of hydrogen-bond acceptors (Lipinski definition) is 6. The van der Waals surface area contributed by atoms with Crippen LogP contribution in [0.25, 0.3) is 10.9 Å². The number of aromatic nitrogens is 1. The lowest BCUT2D eigenvalue weighted by molar-refractivity contribution is -0.131. The van der Waals surface area contributed by atoms with Gasteiger partial charge < -0.3 is 21.3 Å². The molecule has 0 saturated heterocycles. The molecule has 8 nitrogen and oxygen atoms in total. The number of rotatable bonds is 8. The van der Waals surface area contributed by atoms with E-state index >= 15 is 0 Å². The van der Waals surface area contributed by atoms with Crippen LogP contribution in [0.4, 0.5) is 5.69 Å². The molecule has 4 rings (SSSR count). The summed E-state index contributed by atoms with van der Waals surface area (Å²) in [6, 6.07) is 11.8. The quantitative estimate of drug-likeness (QED) is 0.382. The first-order valence-electron chi connectivity index (χ1n) is 10.9. The first kappa shape index (κ1) is 22.7. The number of benzene rings is 1. The Morgan fingerprint density at radius 1 is 1.18 bits per heavy atom. The van der Waals surface area contributed by atoms with Gasteiger partial charge in [0.1, 0.15) is 10.4 Å². The van der Waals surface area contributed by atoms with Gasteiger partial charge in [0.25, 0.3) is 5.91 Å². The highest BCUT2D eigenvalue weighted by molar-refractivity contribution is 7.12. The average Bonchev–Trinajstić information content (AvgIpc) is 3.32. The molecule has 172 valence electrons. The zero-order chi connectivity index (χ0) is 23.3. The van der Waals surface area contributed by atoms with Gasteiger partial charge in [-0.1, -0.05) is 18.2 Å². The Balaban J connectivity index is 1.38. The Morgan fingerprint density at radius 3 is 2.73 bits per heavy atom. The van der Waals surface area contributed by atoms with Crippen molar-refractivity contribution in [1.29, 1.82) is 0 Å². The number of thiophene rings is 1. The molecule has 2 heterocycles. The van der Waals surface area contributed by atoms with Crippen LogP contribution in [0.2, 0.25) is 0 Å². The lowest BCUT2D eigenvalue weighted by Gasteiger charge is -2.38. The van der Waals surface area contributed by atoms with E-state index < -0.39 is 5.54 Å². The van der Waals surface area contributed by atoms with E-state index in [1.165, 1.54) is 11.3 Å². The van der Waals surface area contributed by atoms with Crippen LogP contribution in [0.1, 0.15) is 40.9 Å². The number of nitrogens with one attached hydrogen (secondary N) is 4. The standard InChI is InChI=1S/C24H27N5O3S/c1-25-23(32)24(28-15-30)10-6-17(7-11-24)29-22(31)21-20(9-13-33-21)27-14-16-8-12-26-19-5-3-2-4-18(16)19/h2-5,8-9,12-13,15,17,27H,6-7,10-11,14H2,1H3,(H,25,32)(H,28,30)(H,29,31). The summed E-state index contributed by atoms with van der Waals surface area (Å²) in [5.41, 5.74) is 1.94. The Morgan fingerprint density at radius 2 is 1.97 bits per heavy atom. The molecular weight excluding hydrogens is 438 g/mol. The second-order valence-electron chi connectivity index (χ2n) is 8.18. The van der Waals surface area contributed by atoms with E-state index in [1.807, 2.05) is 41.8 Å². The fourth-order valence-electron chi connectivity index (χ4n) is 4.42. The smallest absolute Gasteiger partial charge is 0.263 e. The van der Waals surface area contributed by atoms with Crippen molar-refractivity contribution in [2.75, 3.05) is 12.4 Å². The van der Waals surface area contributed by atoms with E-state index in [0.717, 1.165) is 22.2 Å². The predicted molar refractivity (Wildman–Crippen MR) is 129 cm³/mol. The highest BCUT2D eigenvalue weighted by atomic mass is 32.1. The van der Waals surface area contributed by atoms with Crippen LogP contribution in [-0.2, 0) is 16.1 Å². The first-order valence-corrected chi connectivity index (χ1v) is 11.8. The third-order valence-corrected chi connectivity index (χ3v) is 7.16. The van der Waals surface area contributed by atoms with E-state index in [-0.39, 0.29) is 17.9 Å². The van der Waals surface area contributed by atoms with Crippen LogP contribution in [0.5, 0.6) is 0 Å². The molecule has 33 heavy (non-hydrogen) atoms. The molecule has 0 spiro atoms. The van der Waals surface area contributed by atoms with Crippen molar-refractivity contribution in [3.8, 4) is 0 Å². The zero-order valence-corrected chi connectivity index (χ0v) is 19.2. The van der Waals surface area contributed by atoms with Crippen LogP contribution in [-0.4, -0.2) is 41.8 Å². The van der Waals surface area contributed by atoms with E-state index in [0.29, 0.717) is 43.5 Å². The topological polar surface area (TPSA) is 112 Å². The van der Waals surface area contributed by atoms with Crippen molar-refractivity contribution in [1.82, 2.24) is 20.9 Å². The van der Waals surface area contributed by atoms with Crippen molar-refractivity contribution in [3.63, 3.8) is 0 Å². The molecule has 2 aromatic heterocycles. The van der Waals surface area contributed by atoms with Crippen LogP contribution in [0, 0.1) is 0 Å². The average molecular weight is 466 g/mol. The summed E-state index contributed by atoms with van der Waals surface area (Å²) < 4.78 is 0. The number of amides is 3. The molecular formula is C24H27N5O3S. The summed E-state index contributed by atoms with van der Waals surface area (Å²) in [5, 5.41) is 14.8. The molecule has 0 unspecified atom stereocenters. The maximum atomic E-state index is 13.0. The number of pyridine rings is 1. The van der Waals surface area contributed by atoms with Crippen molar-refractivity contribution >= 4 is 46.2 Å². The van der Waals surface area contributed by atoms with Gasteiger partial charge in [0, 0.05) is 31.2 Å². The minimum Gasteiger partial charge on any atom is -0.380 e. The van der Waals surface area contributed by atoms with Crippen LogP contribution < -0.4 is 21.3 Å². The molecule has 1 aliphatic carbocycles. The van der Waals surface area contributed by atoms with Crippen molar-refractivity contribution in [3.05, 3.63) is 58.4 Å². The molecule has 1 saturated carbocycles. The molecule has 1 aliphatic rings. The summed E-state index contributed by atoms with van der Waals surface area (Å²) in [6.45, 7) is 0.579. The van der Waals surface area contributed by atoms with Crippen molar-refractivity contribution in [2.24, 2.45) is 0 Å². The minimum atomic E-state index is -0.902. The molecule has 4 N–H and O–H groups in total. The van der Waals surface area contributed by atoms with E-state index in [1.54, 1.807) is 13.2 Å². The van der Waals surface area contributed by atoms with Gasteiger partial charge >= 0.3 is 0 Å². The predicted octanol–water partition coefficient (Wildman–Crippen LogP) is 2.81. The summed E-state index contributed by atoms with van der Waals surface area (Å²) in [6.07, 6.45) is 4.53. The molecule has 3 amide bonds. The lowest BCUT2D eigenvalue weighted by atomic mass is 9.78. The molecule has 1 fully saturated rings. The number of carbonyl (C=O) groups is 3. The van der Waals surface area contributed by atoms with Gasteiger partial charge in [0.05, 0.1) is 11.2 Å². The second kappa shape index (κ2) is 9.99. The third kappa shape index (κ3) is 4.83. The minimum absolute atomic E-state index is 0.0529. The fourth-order valence-corrected chi connectivity index (χ4v) is 5.19. The number of fused-ring (bicyclic) bond motifs is 1. The maximum absolute atomic E-state index is 13.0. The van der Waals surface area contributed by atoms with E-state index in [9.17, 15) is 14.4 Å². The Kier molecular flexibility index (Phi) is 6.88. The number of hydrogen-bond donors (Lipinski definition) is 4. The Labute approximate surface area is 196 Å². The van der Waals surface area contributed by atoms with Crippen LogP contribution in [0.3, 0.4) is 0 Å². The van der Waals surface area contributed by atoms with Gasteiger partial charge in [-0.25, -0.2) is 0 Å². The Hall–Kier alpha value is -3.46. The second-order valence-corrected chi connectivity index (χ2v) is 9.09. The first-order chi connectivity index (χ1) is 16.1. The molecule has 3 aromatic rings. The fraction of sp³-hybridized carbons (Fsp3) is 0.333. The van der Waals surface area contributed by atoms with Crippen molar-refractivity contribution in [2.45, 2.75) is 43.8 Å². The molecule has 9 heteroatoms. The monoisotopic (exact) mass is 465 g/mol. The maximum Gasteiger partial charge on any atom is 0.263 e.